The van der Waals surface area contributed by atoms with Gasteiger partial charge in [-0.05, 0) is 17.2 Å². The minimum atomic E-state index is 0.262. The van der Waals surface area contributed by atoms with Gasteiger partial charge in [-0.1, -0.05) is 40.5 Å². The third-order valence-electron chi connectivity index (χ3n) is 1.42. The molecule has 72 valence electrons. The summed E-state index contributed by atoms with van der Waals surface area (Å²) in [4.78, 5) is 6.41. The molecule has 4 nitrogen and oxygen atoms in total. The molecule has 0 saturated heterocycles. The smallest absolute Gasteiger partial charge is 0.148 e. The first-order valence-corrected chi connectivity index (χ1v) is 4.48. The molecule has 14 heavy (non-hydrogen) atoms. The molecule has 0 aromatic carbocycles. The molecule has 1 aromatic rings. The summed E-state index contributed by atoms with van der Waals surface area (Å²) < 4.78 is 0. The van der Waals surface area contributed by atoms with Crippen molar-refractivity contribution in [1.29, 1.82) is 0 Å². The van der Waals surface area contributed by atoms with E-state index in [4.69, 9.17) is 28.7 Å². The summed E-state index contributed by atoms with van der Waals surface area (Å²) in [6.07, 6.45) is 4.98. The lowest BCUT2D eigenvalue weighted by atomic mass is 10.2. The number of halogens is 2. The van der Waals surface area contributed by atoms with Crippen LogP contribution in [0.2, 0.25) is 10.2 Å². The highest BCUT2D eigenvalue weighted by molar-refractivity contribution is 6.42. The van der Waals surface area contributed by atoms with Crippen molar-refractivity contribution < 1.29 is 0 Å². The second-order valence-electron chi connectivity index (χ2n) is 2.32. The quantitative estimate of drug-likeness (QED) is 0.337. The first kappa shape index (κ1) is 10.9. The minimum Gasteiger partial charge on any atom is -0.243 e. The highest BCUT2D eigenvalue weighted by Gasteiger charge is 2.01. The van der Waals surface area contributed by atoms with Crippen LogP contribution in [0.4, 0.5) is 0 Å². The van der Waals surface area contributed by atoms with Gasteiger partial charge in [0.25, 0.3) is 0 Å². The maximum atomic E-state index is 8.03. The van der Waals surface area contributed by atoms with Gasteiger partial charge in [0.2, 0.25) is 0 Å². The number of hydrogen-bond donors (Lipinski definition) is 0. The molecule has 0 aliphatic heterocycles. The van der Waals surface area contributed by atoms with E-state index in [0.717, 1.165) is 5.56 Å². The van der Waals surface area contributed by atoms with E-state index in [0.29, 0.717) is 5.02 Å². The number of nitrogens with zero attached hydrogens (tertiary/aromatic N) is 4. The van der Waals surface area contributed by atoms with Crippen molar-refractivity contribution in [3.05, 3.63) is 44.5 Å². The summed E-state index contributed by atoms with van der Waals surface area (Å²) in [6.45, 7) is 0.284. The predicted molar refractivity (Wildman–Crippen MR) is 57.3 cm³/mol. The molecular formula is C8H6Cl2N4. The molecule has 6 heteroatoms. The summed E-state index contributed by atoms with van der Waals surface area (Å²) in [5.74, 6) is 0. The molecular weight excluding hydrogens is 223 g/mol. The van der Waals surface area contributed by atoms with Crippen LogP contribution in [0, 0.1) is 0 Å². The van der Waals surface area contributed by atoms with Crippen molar-refractivity contribution in [2.24, 2.45) is 5.11 Å². The molecule has 1 aromatic heterocycles. The summed E-state index contributed by atoms with van der Waals surface area (Å²) in [5, 5.41) is 4.00. The van der Waals surface area contributed by atoms with Gasteiger partial charge in [0.1, 0.15) is 5.15 Å². The fourth-order valence-corrected chi connectivity index (χ4v) is 1.16. The van der Waals surface area contributed by atoms with Gasteiger partial charge in [-0.2, -0.15) is 0 Å². The van der Waals surface area contributed by atoms with Crippen LogP contribution in [0.5, 0.6) is 0 Å². The summed E-state index contributed by atoms with van der Waals surface area (Å²) in [7, 11) is 0. The van der Waals surface area contributed by atoms with E-state index >= 15 is 0 Å². The Morgan fingerprint density at radius 1 is 1.57 bits per heavy atom. The maximum absolute atomic E-state index is 8.03. The van der Waals surface area contributed by atoms with E-state index in [2.05, 4.69) is 15.0 Å². The predicted octanol–water partition coefficient (Wildman–Crippen LogP) is 3.71. The van der Waals surface area contributed by atoms with Gasteiger partial charge in [-0.3, -0.25) is 0 Å². The third-order valence-corrected chi connectivity index (χ3v) is 2.20. The average molecular weight is 229 g/mol. The molecule has 0 radical (unpaired) electrons. The lowest BCUT2D eigenvalue weighted by Gasteiger charge is -1.97. The van der Waals surface area contributed by atoms with Gasteiger partial charge >= 0.3 is 0 Å². The molecule has 0 aliphatic carbocycles. The number of pyridine rings is 1. The highest BCUT2D eigenvalue weighted by Crippen LogP contribution is 2.23. The molecule has 0 amide bonds. The van der Waals surface area contributed by atoms with E-state index in [1.54, 1.807) is 24.4 Å². The second kappa shape index (κ2) is 5.50. The zero-order valence-electron chi connectivity index (χ0n) is 7.06. The van der Waals surface area contributed by atoms with E-state index in [9.17, 15) is 0 Å². The van der Waals surface area contributed by atoms with Crippen molar-refractivity contribution in [3.8, 4) is 0 Å². The molecule has 1 heterocycles. The van der Waals surface area contributed by atoms with Crippen LogP contribution in [0.15, 0.2) is 23.5 Å². The van der Waals surface area contributed by atoms with Gasteiger partial charge in [0, 0.05) is 17.7 Å². The molecule has 0 atom stereocenters. The SMILES string of the molecule is [N-]=[N+]=NCC=Cc1ccnc(Cl)c1Cl. The van der Waals surface area contributed by atoms with Gasteiger partial charge in [-0.15, -0.1) is 0 Å². The fourth-order valence-electron chi connectivity index (χ4n) is 0.824. The molecule has 1 rings (SSSR count). The molecule has 0 spiro atoms. The Kier molecular flexibility index (Phi) is 4.26. The van der Waals surface area contributed by atoms with Crippen LogP contribution >= 0.6 is 23.2 Å². The van der Waals surface area contributed by atoms with E-state index in [1.807, 2.05) is 0 Å². The molecule has 0 fully saturated rings. The van der Waals surface area contributed by atoms with Crippen LogP contribution < -0.4 is 0 Å². The number of hydrogen-bond acceptors (Lipinski definition) is 2. The fraction of sp³-hybridized carbons (Fsp3) is 0.125. The Labute approximate surface area is 90.8 Å². The van der Waals surface area contributed by atoms with Crippen molar-refractivity contribution in [2.45, 2.75) is 0 Å². The lowest BCUT2D eigenvalue weighted by Crippen LogP contribution is -1.80. The molecule has 0 N–H and O–H groups in total. The zero-order valence-corrected chi connectivity index (χ0v) is 8.57. The first-order chi connectivity index (χ1) is 6.75. The summed E-state index contributed by atoms with van der Waals surface area (Å²) in [5.41, 5.74) is 8.78. The molecule has 0 bridgehead atoms. The summed E-state index contributed by atoms with van der Waals surface area (Å²) >= 11 is 11.6. The highest BCUT2D eigenvalue weighted by atomic mass is 35.5. The standard InChI is InChI=1S/C8H6Cl2N4/c9-7-6(2-1-4-13-14-11)3-5-12-8(7)10/h1-3,5H,4H2. The molecule has 0 unspecified atom stereocenters. The third kappa shape index (κ3) is 2.92. The zero-order chi connectivity index (χ0) is 10.4. The Balaban J connectivity index is 2.81. The van der Waals surface area contributed by atoms with Crippen LogP contribution in [-0.4, -0.2) is 11.5 Å². The normalized spacial score (nSPS) is 10.1. The van der Waals surface area contributed by atoms with Gasteiger partial charge in [-0.25, -0.2) is 4.98 Å². The van der Waals surface area contributed by atoms with Crippen LogP contribution in [-0.2, 0) is 0 Å². The average Bonchev–Trinajstić information content (AvgIpc) is 2.19. The van der Waals surface area contributed by atoms with E-state index in [1.165, 1.54) is 0 Å². The van der Waals surface area contributed by atoms with Crippen molar-refractivity contribution in [1.82, 2.24) is 4.98 Å². The Bertz CT molecular complexity index is 396. The number of azide groups is 1. The van der Waals surface area contributed by atoms with Crippen molar-refractivity contribution in [2.75, 3.05) is 6.54 Å². The van der Waals surface area contributed by atoms with Crippen molar-refractivity contribution >= 4 is 29.3 Å². The van der Waals surface area contributed by atoms with Gasteiger partial charge < -0.3 is 0 Å². The maximum Gasteiger partial charge on any atom is 0.148 e. The van der Waals surface area contributed by atoms with E-state index < -0.39 is 0 Å². The first-order valence-electron chi connectivity index (χ1n) is 3.73. The molecule has 0 saturated carbocycles. The number of rotatable bonds is 3. The molecule has 0 aliphatic rings. The Morgan fingerprint density at radius 2 is 2.36 bits per heavy atom. The summed E-state index contributed by atoms with van der Waals surface area (Å²) in [6, 6.07) is 1.72. The Hall–Kier alpha value is -1.22. The van der Waals surface area contributed by atoms with Gasteiger partial charge in [0.15, 0.2) is 0 Å². The monoisotopic (exact) mass is 228 g/mol. The topological polar surface area (TPSA) is 61.7 Å². The van der Waals surface area contributed by atoms with Crippen LogP contribution in [0.25, 0.3) is 16.5 Å². The van der Waals surface area contributed by atoms with Crippen LogP contribution in [0.3, 0.4) is 0 Å². The van der Waals surface area contributed by atoms with Crippen molar-refractivity contribution in [3.63, 3.8) is 0 Å². The minimum absolute atomic E-state index is 0.262. The number of aromatic nitrogens is 1. The van der Waals surface area contributed by atoms with Gasteiger partial charge in [0.05, 0.1) is 5.02 Å². The Morgan fingerprint density at radius 3 is 3.07 bits per heavy atom. The van der Waals surface area contributed by atoms with E-state index in [-0.39, 0.29) is 11.7 Å². The lowest BCUT2D eigenvalue weighted by molar-refractivity contribution is 1.22. The largest absolute Gasteiger partial charge is 0.243 e. The van der Waals surface area contributed by atoms with Crippen LogP contribution in [0.1, 0.15) is 5.56 Å². The second-order valence-corrected chi connectivity index (χ2v) is 3.06.